The van der Waals surface area contributed by atoms with Gasteiger partial charge in [0.05, 0.1) is 0 Å². The highest BCUT2D eigenvalue weighted by Crippen LogP contribution is 2.37. The van der Waals surface area contributed by atoms with E-state index in [4.69, 9.17) is 0 Å². The van der Waals surface area contributed by atoms with E-state index in [1.807, 2.05) is 0 Å². The van der Waals surface area contributed by atoms with Gasteiger partial charge in [-0.25, -0.2) is 0 Å². The molecule has 1 aromatic rings. The van der Waals surface area contributed by atoms with Gasteiger partial charge in [-0.3, -0.25) is 0 Å². The third kappa shape index (κ3) is 4.32. The zero-order valence-electron chi connectivity index (χ0n) is 12.8. The molecule has 1 saturated carbocycles. The highest BCUT2D eigenvalue weighted by Gasteiger charge is 2.30. The van der Waals surface area contributed by atoms with Crippen LogP contribution in [-0.2, 0) is 0 Å². The SMILES string of the molecule is Cc1ccc(C2CC(NC(C)CCN(C)C)C2)cc1. The quantitative estimate of drug-likeness (QED) is 0.845. The molecule has 0 radical (unpaired) electrons. The molecule has 0 amide bonds. The lowest BCUT2D eigenvalue weighted by Gasteiger charge is -2.38. The van der Waals surface area contributed by atoms with Crippen LogP contribution in [0.25, 0.3) is 0 Å². The van der Waals surface area contributed by atoms with E-state index < -0.39 is 0 Å². The number of rotatable bonds is 6. The van der Waals surface area contributed by atoms with Gasteiger partial charge in [0.2, 0.25) is 0 Å². The first kappa shape index (κ1) is 14.5. The fourth-order valence-electron chi connectivity index (χ4n) is 2.80. The Labute approximate surface area is 118 Å². The Bertz CT molecular complexity index is 377. The first-order valence-corrected chi connectivity index (χ1v) is 7.52. The van der Waals surface area contributed by atoms with Crippen molar-refractivity contribution in [2.45, 2.75) is 51.1 Å². The van der Waals surface area contributed by atoms with Gasteiger partial charge in [-0.15, -0.1) is 0 Å². The molecule has 106 valence electrons. The van der Waals surface area contributed by atoms with E-state index in [0.29, 0.717) is 6.04 Å². The van der Waals surface area contributed by atoms with Crippen molar-refractivity contribution in [1.82, 2.24) is 10.2 Å². The number of nitrogens with zero attached hydrogens (tertiary/aromatic N) is 1. The van der Waals surface area contributed by atoms with Crippen molar-refractivity contribution in [3.05, 3.63) is 35.4 Å². The van der Waals surface area contributed by atoms with Crippen LogP contribution in [0.4, 0.5) is 0 Å². The molecule has 2 heteroatoms. The lowest BCUT2D eigenvalue weighted by atomic mass is 9.75. The largest absolute Gasteiger partial charge is 0.311 e. The molecule has 1 aromatic carbocycles. The monoisotopic (exact) mass is 260 g/mol. The number of hydrogen-bond acceptors (Lipinski definition) is 2. The van der Waals surface area contributed by atoms with Crippen molar-refractivity contribution in [3.63, 3.8) is 0 Å². The van der Waals surface area contributed by atoms with Crippen molar-refractivity contribution < 1.29 is 0 Å². The van der Waals surface area contributed by atoms with Crippen LogP contribution in [-0.4, -0.2) is 37.6 Å². The van der Waals surface area contributed by atoms with Gasteiger partial charge >= 0.3 is 0 Å². The summed E-state index contributed by atoms with van der Waals surface area (Å²) in [6.45, 7) is 5.63. The molecule has 1 fully saturated rings. The summed E-state index contributed by atoms with van der Waals surface area (Å²) < 4.78 is 0. The van der Waals surface area contributed by atoms with Crippen molar-refractivity contribution in [2.24, 2.45) is 0 Å². The van der Waals surface area contributed by atoms with Gasteiger partial charge in [-0.1, -0.05) is 29.8 Å². The van der Waals surface area contributed by atoms with Gasteiger partial charge in [0.15, 0.2) is 0 Å². The second-order valence-electron chi connectivity index (χ2n) is 6.44. The van der Waals surface area contributed by atoms with Crippen molar-refractivity contribution in [3.8, 4) is 0 Å². The molecule has 0 aliphatic heterocycles. The molecule has 1 atom stereocenters. The van der Waals surface area contributed by atoms with Crippen LogP contribution in [0.5, 0.6) is 0 Å². The predicted molar refractivity (Wildman–Crippen MR) is 82.7 cm³/mol. The minimum atomic E-state index is 0.631. The fourth-order valence-corrected chi connectivity index (χ4v) is 2.80. The molecule has 1 N–H and O–H groups in total. The normalized spacial score (nSPS) is 24.3. The molecule has 19 heavy (non-hydrogen) atoms. The molecular formula is C17H28N2. The summed E-state index contributed by atoms with van der Waals surface area (Å²) in [5.41, 5.74) is 2.87. The summed E-state index contributed by atoms with van der Waals surface area (Å²) in [7, 11) is 4.28. The Balaban J connectivity index is 1.70. The molecule has 1 aliphatic carbocycles. The standard InChI is InChI=1S/C17H28N2/c1-13-5-7-15(8-6-13)16-11-17(12-16)18-14(2)9-10-19(3)4/h5-8,14,16-18H,9-12H2,1-4H3. The average molecular weight is 260 g/mol. The first-order chi connectivity index (χ1) is 9.04. The summed E-state index contributed by atoms with van der Waals surface area (Å²) in [6.07, 6.45) is 3.84. The summed E-state index contributed by atoms with van der Waals surface area (Å²) in [5, 5.41) is 3.76. The molecule has 1 aliphatic rings. The van der Waals surface area contributed by atoms with Crippen LogP contribution in [0.1, 0.15) is 43.2 Å². The summed E-state index contributed by atoms with van der Waals surface area (Å²) in [4.78, 5) is 2.26. The summed E-state index contributed by atoms with van der Waals surface area (Å²) >= 11 is 0. The Hall–Kier alpha value is -0.860. The van der Waals surface area contributed by atoms with E-state index >= 15 is 0 Å². The van der Waals surface area contributed by atoms with Crippen molar-refractivity contribution in [1.29, 1.82) is 0 Å². The molecule has 0 aromatic heterocycles. The van der Waals surface area contributed by atoms with Crippen LogP contribution in [0, 0.1) is 6.92 Å². The fraction of sp³-hybridized carbons (Fsp3) is 0.647. The maximum Gasteiger partial charge on any atom is 0.00812 e. The Morgan fingerprint density at radius 3 is 2.42 bits per heavy atom. The molecule has 0 saturated heterocycles. The predicted octanol–water partition coefficient (Wildman–Crippen LogP) is 3.17. The van der Waals surface area contributed by atoms with E-state index in [1.54, 1.807) is 0 Å². The van der Waals surface area contributed by atoms with Gasteiger partial charge in [0.25, 0.3) is 0 Å². The lowest BCUT2D eigenvalue weighted by Crippen LogP contribution is -2.45. The van der Waals surface area contributed by atoms with Gasteiger partial charge in [0, 0.05) is 12.1 Å². The molecule has 0 spiro atoms. The van der Waals surface area contributed by atoms with Gasteiger partial charge in [0.1, 0.15) is 0 Å². The molecule has 0 bridgehead atoms. The van der Waals surface area contributed by atoms with Crippen LogP contribution in [0.15, 0.2) is 24.3 Å². The number of hydrogen-bond donors (Lipinski definition) is 1. The molecule has 1 unspecified atom stereocenters. The van der Waals surface area contributed by atoms with Crippen LogP contribution in [0.3, 0.4) is 0 Å². The van der Waals surface area contributed by atoms with E-state index in [2.05, 4.69) is 62.4 Å². The first-order valence-electron chi connectivity index (χ1n) is 7.52. The van der Waals surface area contributed by atoms with Crippen LogP contribution >= 0.6 is 0 Å². The summed E-state index contributed by atoms with van der Waals surface area (Å²) in [6, 6.07) is 10.4. The minimum Gasteiger partial charge on any atom is -0.311 e. The van der Waals surface area contributed by atoms with Crippen molar-refractivity contribution in [2.75, 3.05) is 20.6 Å². The topological polar surface area (TPSA) is 15.3 Å². The van der Waals surface area contributed by atoms with Gasteiger partial charge in [-0.05, 0) is 65.2 Å². The Morgan fingerprint density at radius 2 is 1.84 bits per heavy atom. The van der Waals surface area contributed by atoms with Crippen LogP contribution in [0.2, 0.25) is 0 Å². The lowest BCUT2D eigenvalue weighted by molar-refractivity contribution is 0.255. The van der Waals surface area contributed by atoms with Gasteiger partial charge < -0.3 is 10.2 Å². The highest BCUT2D eigenvalue weighted by atomic mass is 15.1. The van der Waals surface area contributed by atoms with E-state index in [1.165, 1.54) is 36.9 Å². The van der Waals surface area contributed by atoms with Crippen LogP contribution < -0.4 is 5.32 Å². The van der Waals surface area contributed by atoms with Crippen molar-refractivity contribution >= 4 is 0 Å². The highest BCUT2D eigenvalue weighted by molar-refractivity contribution is 5.26. The van der Waals surface area contributed by atoms with E-state index in [9.17, 15) is 0 Å². The molecule has 2 nitrogen and oxygen atoms in total. The van der Waals surface area contributed by atoms with E-state index in [-0.39, 0.29) is 0 Å². The maximum atomic E-state index is 3.76. The smallest absolute Gasteiger partial charge is 0.00812 e. The molecule has 0 heterocycles. The molecule has 2 rings (SSSR count). The molecular weight excluding hydrogens is 232 g/mol. The zero-order valence-corrected chi connectivity index (χ0v) is 12.8. The van der Waals surface area contributed by atoms with Gasteiger partial charge in [-0.2, -0.15) is 0 Å². The van der Waals surface area contributed by atoms with E-state index in [0.717, 1.165) is 12.0 Å². The Morgan fingerprint density at radius 1 is 1.21 bits per heavy atom. The maximum absolute atomic E-state index is 3.76. The number of benzene rings is 1. The average Bonchev–Trinajstić information content (AvgIpc) is 2.32. The summed E-state index contributed by atoms with van der Waals surface area (Å²) in [5.74, 6) is 0.777. The minimum absolute atomic E-state index is 0.631. The third-order valence-electron chi connectivity index (χ3n) is 4.22. The second-order valence-corrected chi connectivity index (χ2v) is 6.44. The number of nitrogens with one attached hydrogen (secondary N) is 1. The Kier molecular flexibility index (Phi) is 5.00. The number of aryl methyl sites for hydroxylation is 1. The third-order valence-corrected chi connectivity index (χ3v) is 4.22. The second kappa shape index (κ2) is 6.53. The zero-order chi connectivity index (χ0) is 13.8.